The molecular formula is C30H29N7O5. The average Bonchev–Trinajstić information content (AvgIpc) is 3.51. The number of oxazole rings is 1. The van der Waals surface area contributed by atoms with Crippen molar-refractivity contribution in [3.8, 4) is 17.5 Å². The number of carbonyl (C=O) groups excluding carboxylic acids is 1. The van der Waals surface area contributed by atoms with Crippen molar-refractivity contribution in [2.75, 3.05) is 18.0 Å². The number of imidazole rings is 1. The lowest BCUT2D eigenvalue weighted by Crippen LogP contribution is -2.44. The molecule has 3 aromatic heterocycles. The number of nitrogens with zero attached hydrogens (tertiary/aromatic N) is 6. The van der Waals surface area contributed by atoms with E-state index in [1.807, 2.05) is 11.0 Å². The highest BCUT2D eigenvalue weighted by molar-refractivity contribution is 6.05. The third-order valence-corrected chi connectivity index (χ3v) is 7.59. The number of para-hydroxylation sites is 2. The Morgan fingerprint density at radius 1 is 1.07 bits per heavy atom. The molecule has 12 heteroatoms. The van der Waals surface area contributed by atoms with Gasteiger partial charge in [0.25, 0.3) is 5.56 Å². The SMILES string of the molecule is CC#CCn1c(N2CCC[C@@H](N)C2)nc2c1c(=O)n(CC(=O)c1cccc3oc(=O)n(C)c13)c(=O)n2-c1ccccc1. The van der Waals surface area contributed by atoms with Crippen molar-refractivity contribution in [1.82, 2.24) is 23.3 Å². The zero-order valence-corrected chi connectivity index (χ0v) is 23.2. The van der Waals surface area contributed by atoms with Gasteiger partial charge in [0.1, 0.15) is 5.52 Å². The molecule has 0 amide bonds. The molecule has 0 spiro atoms. The first-order chi connectivity index (χ1) is 20.3. The topological polar surface area (TPSA) is 143 Å². The zero-order valence-electron chi connectivity index (χ0n) is 23.2. The molecule has 42 heavy (non-hydrogen) atoms. The Labute approximate surface area is 239 Å². The van der Waals surface area contributed by atoms with Gasteiger partial charge in [-0.05, 0) is 44.0 Å². The fourth-order valence-electron chi connectivity index (χ4n) is 5.57. The van der Waals surface area contributed by atoms with Crippen LogP contribution >= 0.6 is 0 Å². The number of fused-ring (bicyclic) bond motifs is 2. The fraction of sp³-hybridized carbons (Fsp3) is 0.300. The summed E-state index contributed by atoms with van der Waals surface area (Å²) in [4.78, 5) is 60.9. The monoisotopic (exact) mass is 567 g/mol. The Morgan fingerprint density at radius 3 is 2.60 bits per heavy atom. The summed E-state index contributed by atoms with van der Waals surface area (Å²) in [6, 6.07) is 13.5. The number of aromatic nitrogens is 5. The summed E-state index contributed by atoms with van der Waals surface area (Å²) in [7, 11) is 1.49. The molecule has 4 heterocycles. The largest absolute Gasteiger partial charge is 0.419 e. The predicted octanol–water partition coefficient (Wildman–Crippen LogP) is 1.63. The van der Waals surface area contributed by atoms with Crippen molar-refractivity contribution in [1.29, 1.82) is 0 Å². The zero-order chi connectivity index (χ0) is 29.5. The van der Waals surface area contributed by atoms with Crippen LogP contribution < -0.4 is 27.6 Å². The molecule has 0 aliphatic carbocycles. The Kier molecular flexibility index (Phi) is 6.88. The molecule has 1 aliphatic heterocycles. The van der Waals surface area contributed by atoms with Crippen molar-refractivity contribution in [2.45, 2.75) is 38.9 Å². The number of nitrogens with two attached hydrogens (primary N) is 1. The lowest BCUT2D eigenvalue weighted by molar-refractivity contribution is 0.0970. The summed E-state index contributed by atoms with van der Waals surface area (Å²) < 4.78 is 10.4. The molecule has 0 bridgehead atoms. The van der Waals surface area contributed by atoms with Gasteiger partial charge < -0.3 is 15.1 Å². The summed E-state index contributed by atoms with van der Waals surface area (Å²) >= 11 is 0. The van der Waals surface area contributed by atoms with Crippen LogP contribution in [-0.2, 0) is 20.1 Å². The molecule has 5 aromatic rings. The maximum Gasteiger partial charge on any atom is 0.419 e. The molecule has 2 aromatic carbocycles. The molecule has 1 atom stereocenters. The van der Waals surface area contributed by atoms with Crippen molar-refractivity contribution in [3.05, 3.63) is 85.5 Å². The quantitative estimate of drug-likeness (QED) is 0.241. The number of piperidine rings is 1. The second-order valence-corrected chi connectivity index (χ2v) is 10.3. The van der Waals surface area contributed by atoms with E-state index in [1.54, 1.807) is 47.9 Å². The van der Waals surface area contributed by atoms with Crippen LogP contribution in [0, 0.1) is 11.8 Å². The molecule has 2 N–H and O–H groups in total. The van der Waals surface area contributed by atoms with Gasteiger partial charge in [-0.3, -0.25) is 23.3 Å². The van der Waals surface area contributed by atoms with Crippen LogP contribution in [0.15, 0.2) is 67.3 Å². The molecule has 214 valence electrons. The first kappa shape index (κ1) is 27.0. The van der Waals surface area contributed by atoms with Gasteiger partial charge in [0.2, 0.25) is 5.95 Å². The van der Waals surface area contributed by atoms with E-state index in [-0.39, 0.29) is 40.4 Å². The van der Waals surface area contributed by atoms with E-state index < -0.39 is 29.3 Å². The minimum absolute atomic E-state index is 0.0588. The van der Waals surface area contributed by atoms with Crippen LogP contribution in [-0.4, -0.2) is 48.2 Å². The number of ketones is 1. The van der Waals surface area contributed by atoms with Crippen molar-refractivity contribution < 1.29 is 9.21 Å². The maximum atomic E-state index is 14.2. The smallest absolute Gasteiger partial charge is 0.408 e. The molecule has 0 saturated carbocycles. The Morgan fingerprint density at radius 2 is 1.86 bits per heavy atom. The first-order valence-electron chi connectivity index (χ1n) is 13.6. The molecule has 0 radical (unpaired) electrons. The highest BCUT2D eigenvalue weighted by Gasteiger charge is 2.28. The molecule has 6 rings (SSSR count). The second kappa shape index (κ2) is 10.7. The summed E-state index contributed by atoms with van der Waals surface area (Å²) in [5.41, 5.74) is 6.39. The van der Waals surface area contributed by atoms with Crippen LogP contribution in [0.2, 0.25) is 0 Å². The van der Waals surface area contributed by atoms with Gasteiger partial charge in [0.05, 0.1) is 18.8 Å². The number of Topliss-reactive ketones (excluding diaryl/α,β-unsaturated/α-hetero) is 1. The van der Waals surface area contributed by atoms with E-state index in [9.17, 15) is 19.2 Å². The maximum absolute atomic E-state index is 14.2. The molecule has 12 nitrogen and oxygen atoms in total. The number of benzene rings is 2. The van der Waals surface area contributed by atoms with Gasteiger partial charge in [0.15, 0.2) is 22.5 Å². The van der Waals surface area contributed by atoms with E-state index in [1.165, 1.54) is 22.2 Å². The summed E-state index contributed by atoms with van der Waals surface area (Å²) in [6.07, 6.45) is 1.74. The molecule has 1 saturated heterocycles. The van der Waals surface area contributed by atoms with Crippen molar-refractivity contribution in [3.63, 3.8) is 0 Å². The van der Waals surface area contributed by atoms with Crippen molar-refractivity contribution >= 4 is 34.0 Å². The van der Waals surface area contributed by atoms with Crippen LogP contribution in [0.3, 0.4) is 0 Å². The van der Waals surface area contributed by atoms with Crippen molar-refractivity contribution in [2.24, 2.45) is 12.8 Å². The third-order valence-electron chi connectivity index (χ3n) is 7.59. The molecule has 1 aliphatic rings. The highest BCUT2D eigenvalue weighted by Crippen LogP contribution is 2.25. The number of hydrogen-bond donors (Lipinski definition) is 1. The van der Waals surface area contributed by atoms with Crippen LogP contribution in [0.1, 0.15) is 30.1 Å². The van der Waals surface area contributed by atoms with Crippen LogP contribution in [0.5, 0.6) is 0 Å². The molecular weight excluding hydrogens is 538 g/mol. The minimum atomic E-state index is -0.714. The highest BCUT2D eigenvalue weighted by atomic mass is 16.4. The predicted molar refractivity (Wildman–Crippen MR) is 158 cm³/mol. The summed E-state index contributed by atoms with van der Waals surface area (Å²) in [6.45, 7) is 2.52. The van der Waals surface area contributed by atoms with Crippen LogP contribution in [0.25, 0.3) is 28.0 Å². The Hall–Kier alpha value is -5.15. The number of carbonyl (C=O) groups is 1. The normalized spacial score (nSPS) is 15.2. The first-order valence-corrected chi connectivity index (χ1v) is 13.6. The van der Waals surface area contributed by atoms with E-state index in [2.05, 4.69) is 11.8 Å². The number of aryl methyl sites for hydroxylation is 1. The van der Waals surface area contributed by atoms with Crippen LogP contribution in [0.4, 0.5) is 5.95 Å². The fourth-order valence-corrected chi connectivity index (χ4v) is 5.57. The summed E-state index contributed by atoms with van der Waals surface area (Å²) in [5, 5.41) is 0. The Balaban J connectivity index is 1.61. The van der Waals surface area contributed by atoms with E-state index in [0.29, 0.717) is 24.7 Å². The number of anilines is 1. The lowest BCUT2D eigenvalue weighted by Gasteiger charge is -2.31. The van der Waals surface area contributed by atoms with Gasteiger partial charge in [0, 0.05) is 31.7 Å². The Bertz CT molecular complexity index is 2090. The molecule has 1 fully saturated rings. The lowest BCUT2D eigenvalue weighted by atomic mass is 10.1. The third kappa shape index (κ3) is 4.44. The second-order valence-electron chi connectivity index (χ2n) is 10.3. The summed E-state index contributed by atoms with van der Waals surface area (Å²) in [5.74, 6) is 5.23. The van der Waals surface area contributed by atoms with Gasteiger partial charge >= 0.3 is 11.4 Å². The van der Waals surface area contributed by atoms with Gasteiger partial charge in [-0.25, -0.2) is 14.2 Å². The number of hydrogen-bond acceptors (Lipinski definition) is 8. The van der Waals surface area contributed by atoms with E-state index in [4.69, 9.17) is 15.1 Å². The standard InChI is InChI=1S/C30H29N7O5/c1-3-4-16-35-25-26(32-28(35)34-15-9-10-19(31)17-34)37(20-11-6-5-7-12-20)29(40)36(27(25)39)18-22(38)21-13-8-14-23-24(21)33(2)30(41)42-23/h5-8,11-14,19H,9-10,15-18,31H2,1-2H3/t19-/m1/s1. The van der Waals surface area contributed by atoms with Gasteiger partial charge in [-0.2, -0.15) is 4.98 Å². The minimum Gasteiger partial charge on any atom is -0.408 e. The van der Waals surface area contributed by atoms with Gasteiger partial charge in [-0.1, -0.05) is 30.2 Å². The average molecular weight is 568 g/mol. The van der Waals surface area contributed by atoms with Gasteiger partial charge in [-0.15, -0.1) is 5.92 Å². The van der Waals surface area contributed by atoms with E-state index >= 15 is 0 Å². The van der Waals surface area contributed by atoms with E-state index in [0.717, 1.165) is 17.4 Å². The molecule has 0 unspecified atom stereocenters. The number of rotatable bonds is 6.